The van der Waals surface area contributed by atoms with Crippen molar-refractivity contribution in [1.29, 1.82) is 0 Å². The maximum absolute atomic E-state index is 12.6. The summed E-state index contributed by atoms with van der Waals surface area (Å²) >= 11 is 3.48. The fraction of sp³-hybridized carbons (Fsp3) is 0.263. The summed E-state index contributed by atoms with van der Waals surface area (Å²) in [6, 6.07) is 9.85. The largest absolute Gasteiger partial charge is 0.497 e. The standard InChI is InChI=1S/C19H20BrN3O2/c1-12-10-15(20)11-23-17(13(2)22-18(12)23)19(24)21-9-8-14-4-6-16(25-3)7-5-14/h4-7,10-11H,8-9H2,1-3H3,(H,21,24). The molecule has 0 aliphatic heterocycles. The third-order valence-corrected chi connectivity index (χ3v) is 4.55. The van der Waals surface area contributed by atoms with E-state index in [0.29, 0.717) is 12.2 Å². The molecule has 0 aliphatic rings. The van der Waals surface area contributed by atoms with Crippen molar-refractivity contribution >= 4 is 27.5 Å². The van der Waals surface area contributed by atoms with Gasteiger partial charge in [0.25, 0.3) is 5.91 Å². The van der Waals surface area contributed by atoms with Crippen LogP contribution in [0.5, 0.6) is 5.75 Å². The molecule has 0 saturated carbocycles. The Morgan fingerprint density at radius 1 is 1.28 bits per heavy atom. The SMILES string of the molecule is COc1ccc(CCNC(=O)c2c(C)nc3c(C)cc(Br)cn23)cc1. The zero-order valence-electron chi connectivity index (χ0n) is 14.5. The molecule has 0 bridgehead atoms. The molecule has 0 spiro atoms. The van der Waals surface area contributed by atoms with Crippen LogP contribution >= 0.6 is 15.9 Å². The first-order valence-corrected chi connectivity index (χ1v) is 8.85. The van der Waals surface area contributed by atoms with Crippen LogP contribution in [0.3, 0.4) is 0 Å². The summed E-state index contributed by atoms with van der Waals surface area (Å²) in [4.78, 5) is 17.2. The van der Waals surface area contributed by atoms with Gasteiger partial charge in [0.05, 0.1) is 12.8 Å². The van der Waals surface area contributed by atoms with E-state index in [4.69, 9.17) is 4.74 Å². The first kappa shape index (κ1) is 17.5. The number of rotatable bonds is 5. The minimum absolute atomic E-state index is 0.115. The fourth-order valence-electron chi connectivity index (χ4n) is 2.85. The molecule has 0 saturated heterocycles. The molecule has 3 aromatic rings. The molecule has 6 heteroatoms. The number of carbonyl (C=O) groups excluding carboxylic acids is 1. The van der Waals surface area contributed by atoms with Gasteiger partial charge in [-0.1, -0.05) is 12.1 Å². The van der Waals surface area contributed by atoms with Crippen molar-refractivity contribution in [3.05, 3.63) is 63.5 Å². The molecule has 1 aromatic carbocycles. The van der Waals surface area contributed by atoms with Crippen molar-refractivity contribution in [3.63, 3.8) is 0 Å². The number of methoxy groups -OCH3 is 1. The lowest BCUT2D eigenvalue weighted by atomic mass is 10.1. The number of aromatic nitrogens is 2. The van der Waals surface area contributed by atoms with Crippen molar-refractivity contribution in [2.45, 2.75) is 20.3 Å². The number of pyridine rings is 1. The molecule has 25 heavy (non-hydrogen) atoms. The fourth-order valence-corrected chi connectivity index (χ4v) is 3.40. The number of ether oxygens (including phenoxy) is 1. The lowest BCUT2D eigenvalue weighted by Gasteiger charge is -2.08. The van der Waals surface area contributed by atoms with E-state index in [-0.39, 0.29) is 5.91 Å². The predicted molar refractivity (Wildman–Crippen MR) is 101 cm³/mol. The Hall–Kier alpha value is -2.34. The third kappa shape index (κ3) is 3.69. The molecule has 2 heterocycles. The van der Waals surface area contributed by atoms with Crippen LogP contribution in [-0.4, -0.2) is 28.9 Å². The van der Waals surface area contributed by atoms with Crippen molar-refractivity contribution in [2.75, 3.05) is 13.7 Å². The van der Waals surface area contributed by atoms with Crippen LogP contribution in [0.2, 0.25) is 0 Å². The van der Waals surface area contributed by atoms with Gasteiger partial charge in [-0.2, -0.15) is 0 Å². The summed E-state index contributed by atoms with van der Waals surface area (Å²) in [5, 5.41) is 2.99. The summed E-state index contributed by atoms with van der Waals surface area (Å²) in [6.45, 7) is 4.40. The lowest BCUT2D eigenvalue weighted by molar-refractivity contribution is 0.0947. The van der Waals surface area contributed by atoms with Gasteiger partial charge in [0.15, 0.2) is 0 Å². The highest BCUT2D eigenvalue weighted by molar-refractivity contribution is 9.10. The minimum atomic E-state index is -0.115. The number of nitrogens with one attached hydrogen (secondary N) is 1. The van der Waals surface area contributed by atoms with Crippen LogP contribution in [0.25, 0.3) is 5.65 Å². The number of carbonyl (C=O) groups is 1. The van der Waals surface area contributed by atoms with Gasteiger partial charge in [0, 0.05) is 17.2 Å². The van der Waals surface area contributed by atoms with Crippen LogP contribution < -0.4 is 10.1 Å². The summed E-state index contributed by atoms with van der Waals surface area (Å²) in [7, 11) is 1.65. The molecule has 5 nitrogen and oxygen atoms in total. The van der Waals surface area contributed by atoms with Crippen molar-refractivity contribution in [2.24, 2.45) is 0 Å². The Balaban J connectivity index is 1.73. The first-order chi connectivity index (χ1) is 12.0. The smallest absolute Gasteiger partial charge is 0.270 e. The Bertz CT molecular complexity index is 917. The van der Waals surface area contributed by atoms with Gasteiger partial charge in [-0.3, -0.25) is 9.20 Å². The molecule has 0 radical (unpaired) electrons. The Morgan fingerprint density at radius 2 is 2.00 bits per heavy atom. The quantitative estimate of drug-likeness (QED) is 0.708. The van der Waals surface area contributed by atoms with Gasteiger partial charge >= 0.3 is 0 Å². The van der Waals surface area contributed by atoms with Gasteiger partial charge in [-0.05, 0) is 65.5 Å². The maximum Gasteiger partial charge on any atom is 0.270 e. The van der Waals surface area contributed by atoms with Gasteiger partial charge in [0.1, 0.15) is 17.1 Å². The molecular formula is C19H20BrN3O2. The Kier molecular flexibility index (Phi) is 5.08. The predicted octanol–water partition coefficient (Wildman–Crippen LogP) is 3.69. The number of halogens is 1. The molecule has 0 fully saturated rings. The summed E-state index contributed by atoms with van der Waals surface area (Å²) < 4.78 is 7.91. The second kappa shape index (κ2) is 7.27. The molecule has 0 atom stereocenters. The third-order valence-electron chi connectivity index (χ3n) is 4.12. The average Bonchev–Trinajstić information content (AvgIpc) is 2.92. The highest BCUT2D eigenvalue weighted by atomic mass is 79.9. The van der Waals surface area contributed by atoms with Crippen molar-refractivity contribution in [1.82, 2.24) is 14.7 Å². The number of aryl methyl sites for hydroxylation is 2. The maximum atomic E-state index is 12.6. The van der Waals surface area contributed by atoms with E-state index >= 15 is 0 Å². The molecule has 0 aliphatic carbocycles. The van der Waals surface area contributed by atoms with Crippen LogP contribution in [-0.2, 0) is 6.42 Å². The number of hydrogen-bond donors (Lipinski definition) is 1. The summed E-state index contributed by atoms with van der Waals surface area (Å²) in [5.41, 5.74) is 4.28. The molecular weight excluding hydrogens is 382 g/mol. The molecule has 2 aromatic heterocycles. The molecule has 3 rings (SSSR count). The normalized spacial score (nSPS) is 10.9. The van der Waals surface area contributed by atoms with Crippen molar-refractivity contribution in [3.8, 4) is 5.75 Å². The van der Waals surface area contributed by atoms with E-state index in [9.17, 15) is 4.79 Å². The molecule has 1 amide bonds. The van der Waals surface area contributed by atoms with Crippen molar-refractivity contribution < 1.29 is 9.53 Å². The number of fused-ring (bicyclic) bond motifs is 1. The van der Waals surface area contributed by atoms with E-state index in [1.165, 1.54) is 0 Å². The minimum Gasteiger partial charge on any atom is -0.497 e. The number of hydrogen-bond acceptors (Lipinski definition) is 3. The second-order valence-corrected chi connectivity index (χ2v) is 6.85. The van der Waals surface area contributed by atoms with E-state index < -0.39 is 0 Å². The zero-order chi connectivity index (χ0) is 18.0. The first-order valence-electron chi connectivity index (χ1n) is 8.05. The van der Waals surface area contributed by atoms with E-state index in [2.05, 4.69) is 26.2 Å². The van der Waals surface area contributed by atoms with Gasteiger partial charge in [-0.25, -0.2) is 4.98 Å². The number of benzene rings is 1. The summed E-state index contributed by atoms with van der Waals surface area (Å²) in [5.74, 6) is 0.714. The van der Waals surface area contributed by atoms with Crippen LogP contribution in [0.1, 0.15) is 27.3 Å². The lowest BCUT2D eigenvalue weighted by Crippen LogP contribution is -2.27. The second-order valence-electron chi connectivity index (χ2n) is 5.93. The molecule has 130 valence electrons. The number of amides is 1. The highest BCUT2D eigenvalue weighted by Gasteiger charge is 2.17. The van der Waals surface area contributed by atoms with Crippen LogP contribution in [0.4, 0.5) is 0 Å². The molecule has 1 N–H and O–H groups in total. The van der Waals surface area contributed by atoms with Gasteiger partial charge in [-0.15, -0.1) is 0 Å². The number of nitrogens with zero attached hydrogens (tertiary/aromatic N) is 2. The Morgan fingerprint density at radius 3 is 2.68 bits per heavy atom. The van der Waals surface area contributed by atoms with E-state index in [0.717, 1.165) is 39.1 Å². The van der Waals surface area contributed by atoms with Gasteiger partial charge in [0.2, 0.25) is 0 Å². The zero-order valence-corrected chi connectivity index (χ0v) is 16.1. The van der Waals surface area contributed by atoms with Crippen LogP contribution in [0, 0.1) is 13.8 Å². The van der Waals surface area contributed by atoms with Gasteiger partial charge < -0.3 is 10.1 Å². The van der Waals surface area contributed by atoms with Crippen LogP contribution in [0.15, 0.2) is 41.0 Å². The van der Waals surface area contributed by atoms with E-state index in [1.54, 1.807) is 7.11 Å². The summed E-state index contributed by atoms with van der Waals surface area (Å²) in [6.07, 6.45) is 2.63. The topological polar surface area (TPSA) is 55.6 Å². The highest BCUT2D eigenvalue weighted by Crippen LogP contribution is 2.20. The monoisotopic (exact) mass is 401 g/mol. The Labute approximate surface area is 155 Å². The van der Waals surface area contributed by atoms with E-state index in [1.807, 2.05) is 54.8 Å². The molecule has 0 unspecified atom stereocenters. The average molecular weight is 402 g/mol. The number of imidazole rings is 1.